The Morgan fingerprint density at radius 2 is 1.80 bits per heavy atom. The summed E-state index contributed by atoms with van der Waals surface area (Å²) in [5, 5.41) is 14.6. The lowest BCUT2D eigenvalue weighted by Gasteiger charge is -2.32. The van der Waals surface area contributed by atoms with E-state index in [-0.39, 0.29) is 16.4 Å². The van der Waals surface area contributed by atoms with Gasteiger partial charge in [0.1, 0.15) is 5.65 Å². The van der Waals surface area contributed by atoms with E-state index in [0.717, 1.165) is 17.6 Å². The van der Waals surface area contributed by atoms with Gasteiger partial charge in [0.2, 0.25) is 0 Å². The molecule has 0 spiro atoms. The number of aromatic nitrogens is 2. The van der Waals surface area contributed by atoms with Crippen LogP contribution in [0.5, 0.6) is 0 Å². The summed E-state index contributed by atoms with van der Waals surface area (Å²) in [4.78, 5) is 34.5. The maximum Gasteiger partial charge on any atom is 0.294 e. The van der Waals surface area contributed by atoms with E-state index in [4.69, 9.17) is 10.2 Å². The van der Waals surface area contributed by atoms with Crippen LogP contribution in [0.2, 0.25) is 0 Å². The zero-order valence-corrected chi connectivity index (χ0v) is 21.7. The van der Waals surface area contributed by atoms with Gasteiger partial charge in [-0.1, -0.05) is 11.1 Å². The number of hydrogen-bond donors (Lipinski definition) is 2. The maximum atomic E-state index is 13.9. The van der Waals surface area contributed by atoms with E-state index >= 15 is 0 Å². The number of carbonyl (C=O) groups excluding carboxylic acids is 1. The van der Waals surface area contributed by atoms with Crippen LogP contribution < -0.4 is 10.5 Å². The monoisotopic (exact) mass is 573 g/mol. The highest BCUT2D eigenvalue weighted by Gasteiger charge is 2.41. The second kappa shape index (κ2) is 7.97. The van der Waals surface area contributed by atoms with Crippen LogP contribution in [0.4, 0.5) is 5.69 Å². The maximum absolute atomic E-state index is 13.9. The summed E-state index contributed by atoms with van der Waals surface area (Å²) in [5.74, 6) is -0.251. The third-order valence-corrected chi connectivity index (χ3v) is 9.22. The van der Waals surface area contributed by atoms with Crippen molar-refractivity contribution < 1.29 is 32.4 Å². The minimum Gasteiger partial charge on any atom is -0.300 e. The molecular weight excluding hydrogens is 558 g/mol. The summed E-state index contributed by atoms with van der Waals surface area (Å²) in [7, 11) is -4.40. The predicted molar refractivity (Wildman–Crippen MR) is 145 cm³/mol. The Morgan fingerprint density at radius 3 is 2.60 bits per heavy atom. The molecule has 4 heterocycles. The molecular formula is C27H15N3O8S2. The van der Waals surface area contributed by atoms with Crippen LogP contribution in [0, 0.1) is 0 Å². The summed E-state index contributed by atoms with van der Waals surface area (Å²) in [6.45, 7) is 0. The van der Waals surface area contributed by atoms with E-state index < -0.39 is 16.2 Å². The zero-order chi connectivity index (χ0) is 27.5. The summed E-state index contributed by atoms with van der Waals surface area (Å²) in [5.41, 5.74) is 3.81. The Labute approximate surface area is 228 Å². The van der Waals surface area contributed by atoms with Gasteiger partial charge in [0.15, 0.2) is 0 Å². The first kappa shape index (κ1) is 23.7. The van der Waals surface area contributed by atoms with Gasteiger partial charge in [-0.15, -0.1) is 4.33 Å². The van der Waals surface area contributed by atoms with Crippen molar-refractivity contribution in [2.75, 3.05) is 4.90 Å². The molecule has 11 nitrogen and oxygen atoms in total. The second-order valence-corrected chi connectivity index (χ2v) is 11.9. The standard InChI is InChI=1S/C27H15N3O8S2/c31-26-17-6-4-16-24-18(27(32)30-21-7-1-13(39-38-37-33)11-19(21)28-25(16)30)5-3-15(23(17)24)22-10-12-9-14(40(34,35)36)2-8-20(12)29(22)26/h1-9,11,22,33H,10H2,(H,34,35,36). The molecule has 6 aromatic rings. The Bertz CT molecular complexity index is 2280. The van der Waals surface area contributed by atoms with Crippen molar-refractivity contribution in [2.24, 2.45) is 0 Å². The summed E-state index contributed by atoms with van der Waals surface area (Å²) in [6.07, 6.45) is 0.356. The number of anilines is 1. The Hall–Kier alpha value is -4.11. The van der Waals surface area contributed by atoms with Gasteiger partial charge >= 0.3 is 0 Å². The number of imidazole rings is 1. The number of amides is 1. The predicted octanol–water partition coefficient (Wildman–Crippen LogP) is 4.52. The molecule has 0 bridgehead atoms. The Balaban J connectivity index is 1.38. The summed E-state index contributed by atoms with van der Waals surface area (Å²) in [6, 6.07) is 16.1. The highest BCUT2D eigenvalue weighted by Crippen LogP contribution is 2.49. The molecule has 2 aliphatic rings. The molecule has 2 N–H and O–H groups in total. The average molecular weight is 574 g/mol. The van der Waals surface area contributed by atoms with E-state index in [0.29, 0.717) is 66.4 Å². The summed E-state index contributed by atoms with van der Waals surface area (Å²) >= 11 is 0.788. The molecule has 4 aromatic carbocycles. The third kappa shape index (κ3) is 3.04. The molecule has 1 amide bonds. The lowest BCUT2D eigenvalue weighted by Crippen LogP contribution is -2.36. The van der Waals surface area contributed by atoms with Crippen LogP contribution in [0.1, 0.15) is 27.5 Å². The van der Waals surface area contributed by atoms with Crippen LogP contribution in [0.3, 0.4) is 0 Å². The van der Waals surface area contributed by atoms with Gasteiger partial charge in [-0.25, -0.2) is 10.2 Å². The van der Waals surface area contributed by atoms with E-state index in [1.54, 1.807) is 51.8 Å². The fraction of sp³-hybridized carbons (Fsp3) is 0.0741. The van der Waals surface area contributed by atoms with Crippen molar-refractivity contribution in [2.45, 2.75) is 22.3 Å². The summed E-state index contributed by atoms with van der Waals surface area (Å²) < 4.78 is 39.1. The molecule has 1 atom stereocenters. The smallest absolute Gasteiger partial charge is 0.294 e. The van der Waals surface area contributed by atoms with E-state index in [2.05, 4.69) is 9.37 Å². The molecule has 198 valence electrons. The van der Waals surface area contributed by atoms with Crippen molar-refractivity contribution in [3.8, 4) is 0 Å². The fourth-order valence-corrected chi connectivity index (χ4v) is 7.16. The average Bonchev–Trinajstić information content (AvgIpc) is 3.52. The van der Waals surface area contributed by atoms with Crippen LogP contribution in [0.15, 0.2) is 75.2 Å². The van der Waals surface area contributed by atoms with Crippen LogP contribution in [0.25, 0.3) is 38.2 Å². The molecule has 0 fully saturated rings. The first-order valence-corrected chi connectivity index (χ1v) is 14.2. The molecule has 40 heavy (non-hydrogen) atoms. The highest BCUT2D eigenvalue weighted by molar-refractivity contribution is 7.94. The number of nitrogens with zero attached hydrogens (tertiary/aromatic N) is 3. The van der Waals surface area contributed by atoms with Crippen molar-refractivity contribution in [1.82, 2.24) is 9.38 Å². The molecule has 0 saturated heterocycles. The SMILES string of the molecule is O=C1c2ccc3c4c2c(ccc4c(=O)n2c4ccc(SOOO)cc4nc32)C2Cc3cc(S(=O)(=O)O)ccc3N12. The molecule has 8 rings (SSSR count). The van der Waals surface area contributed by atoms with E-state index in [9.17, 15) is 22.6 Å². The normalized spacial score (nSPS) is 16.5. The van der Waals surface area contributed by atoms with Crippen LogP contribution in [-0.2, 0) is 25.9 Å². The van der Waals surface area contributed by atoms with Gasteiger partial charge in [0.25, 0.3) is 21.6 Å². The number of hydrogen-bond acceptors (Lipinski definition) is 9. The number of fused-ring (bicyclic) bond motifs is 8. The lowest BCUT2D eigenvalue weighted by atomic mass is 9.86. The molecule has 0 saturated carbocycles. The second-order valence-electron chi connectivity index (χ2n) is 9.73. The van der Waals surface area contributed by atoms with Crippen molar-refractivity contribution in [3.05, 3.63) is 87.7 Å². The molecule has 2 aromatic heterocycles. The number of pyridine rings is 1. The van der Waals surface area contributed by atoms with Crippen molar-refractivity contribution in [3.63, 3.8) is 0 Å². The van der Waals surface area contributed by atoms with E-state index in [1.165, 1.54) is 12.1 Å². The molecule has 0 aliphatic carbocycles. The van der Waals surface area contributed by atoms with Gasteiger partial charge in [0, 0.05) is 37.7 Å². The minimum absolute atomic E-state index is 0.227. The molecule has 2 aliphatic heterocycles. The Kier molecular flexibility index (Phi) is 4.73. The van der Waals surface area contributed by atoms with Gasteiger partial charge in [0.05, 0.1) is 34.0 Å². The third-order valence-electron chi connectivity index (χ3n) is 7.80. The van der Waals surface area contributed by atoms with Crippen molar-refractivity contribution >= 4 is 72.0 Å². The lowest BCUT2D eigenvalue weighted by molar-refractivity contribution is -0.432. The number of rotatable bonds is 4. The first-order valence-electron chi connectivity index (χ1n) is 12.0. The largest absolute Gasteiger partial charge is 0.300 e. The first-order chi connectivity index (χ1) is 19.3. The van der Waals surface area contributed by atoms with E-state index in [1.807, 2.05) is 6.07 Å². The molecule has 0 radical (unpaired) electrons. The van der Waals surface area contributed by atoms with Crippen LogP contribution >= 0.6 is 12.0 Å². The molecule has 13 heteroatoms. The zero-order valence-electron chi connectivity index (χ0n) is 20.1. The Morgan fingerprint density at radius 1 is 0.975 bits per heavy atom. The van der Waals surface area contributed by atoms with Gasteiger partial charge in [-0.2, -0.15) is 8.42 Å². The minimum atomic E-state index is -4.40. The van der Waals surface area contributed by atoms with Gasteiger partial charge in [-0.3, -0.25) is 18.5 Å². The van der Waals surface area contributed by atoms with Gasteiger partial charge in [-0.05, 0) is 72.1 Å². The van der Waals surface area contributed by atoms with Crippen LogP contribution in [-0.4, -0.2) is 33.5 Å². The van der Waals surface area contributed by atoms with Gasteiger partial charge < -0.3 is 4.90 Å². The van der Waals surface area contributed by atoms with Crippen molar-refractivity contribution in [1.29, 1.82) is 0 Å². The number of carbonyl (C=O) groups is 1. The number of benzene rings is 4. The highest BCUT2D eigenvalue weighted by atomic mass is 32.2. The molecule has 1 unspecified atom stereocenters. The quantitative estimate of drug-likeness (QED) is 0.133. The fourth-order valence-electron chi connectivity index (χ4n) is 6.23. The topological polar surface area (TPSA) is 148 Å².